The summed E-state index contributed by atoms with van der Waals surface area (Å²) in [5, 5.41) is 13.4. The van der Waals surface area contributed by atoms with Crippen molar-refractivity contribution >= 4 is 5.91 Å². The van der Waals surface area contributed by atoms with Crippen LogP contribution in [0.4, 0.5) is 0 Å². The SMILES string of the molecule is COC(C)(C(=O)NCC(C)(O)c1ccccc1)c1ccccc1. The third-order valence-corrected chi connectivity index (χ3v) is 4.16. The van der Waals surface area contributed by atoms with Crippen molar-refractivity contribution in [3.63, 3.8) is 0 Å². The Bertz CT molecular complexity index is 640. The lowest BCUT2D eigenvalue weighted by Crippen LogP contribution is -2.48. The Morgan fingerprint density at radius 3 is 1.96 bits per heavy atom. The van der Waals surface area contributed by atoms with Gasteiger partial charge in [-0.05, 0) is 25.0 Å². The molecule has 0 saturated heterocycles. The molecule has 0 saturated carbocycles. The molecule has 2 aromatic rings. The van der Waals surface area contributed by atoms with Gasteiger partial charge in [0.25, 0.3) is 5.91 Å². The molecule has 2 aromatic carbocycles. The van der Waals surface area contributed by atoms with E-state index in [4.69, 9.17) is 4.74 Å². The molecule has 4 heteroatoms. The van der Waals surface area contributed by atoms with Crippen molar-refractivity contribution in [2.24, 2.45) is 0 Å². The van der Waals surface area contributed by atoms with Gasteiger partial charge in [-0.1, -0.05) is 60.7 Å². The van der Waals surface area contributed by atoms with Crippen LogP contribution >= 0.6 is 0 Å². The number of aliphatic hydroxyl groups is 1. The molecule has 0 spiro atoms. The van der Waals surface area contributed by atoms with Crippen LogP contribution in [-0.2, 0) is 20.7 Å². The number of hydrogen-bond acceptors (Lipinski definition) is 3. The number of methoxy groups -OCH3 is 1. The van der Waals surface area contributed by atoms with E-state index in [1.807, 2.05) is 60.7 Å². The summed E-state index contributed by atoms with van der Waals surface area (Å²) < 4.78 is 5.46. The first-order valence-corrected chi connectivity index (χ1v) is 7.57. The van der Waals surface area contributed by atoms with Gasteiger partial charge in [0.15, 0.2) is 5.60 Å². The summed E-state index contributed by atoms with van der Waals surface area (Å²) >= 11 is 0. The van der Waals surface area contributed by atoms with Crippen molar-refractivity contribution in [1.82, 2.24) is 5.32 Å². The van der Waals surface area contributed by atoms with Crippen molar-refractivity contribution in [1.29, 1.82) is 0 Å². The number of nitrogens with one attached hydrogen (secondary N) is 1. The number of amides is 1. The van der Waals surface area contributed by atoms with Gasteiger partial charge in [-0.2, -0.15) is 0 Å². The minimum atomic E-state index is -1.15. The first kappa shape index (κ1) is 17.2. The third kappa shape index (κ3) is 3.78. The number of benzene rings is 2. The molecule has 0 radical (unpaired) electrons. The number of rotatable bonds is 6. The lowest BCUT2D eigenvalue weighted by Gasteiger charge is -2.30. The van der Waals surface area contributed by atoms with Crippen LogP contribution in [0.15, 0.2) is 60.7 Å². The van der Waals surface area contributed by atoms with Gasteiger partial charge in [-0.3, -0.25) is 4.79 Å². The average Bonchev–Trinajstić information content (AvgIpc) is 2.60. The van der Waals surface area contributed by atoms with Gasteiger partial charge in [0.2, 0.25) is 0 Å². The van der Waals surface area contributed by atoms with E-state index in [1.54, 1.807) is 13.8 Å². The van der Waals surface area contributed by atoms with Crippen molar-refractivity contribution in [3.05, 3.63) is 71.8 Å². The molecule has 122 valence electrons. The highest BCUT2D eigenvalue weighted by molar-refractivity contribution is 5.86. The van der Waals surface area contributed by atoms with Crippen molar-refractivity contribution < 1.29 is 14.6 Å². The zero-order valence-corrected chi connectivity index (χ0v) is 13.7. The Balaban J connectivity index is 2.12. The van der Waals surface area contributed by atoms with Crippen molar-refractivity contribution in [2.45, 2.75) is 25.0 Å². The second kappa shape index (κ2) is 6.94. The van der Waals surface area contributed by atoms with E-state index in [0.29, 0.717) is 0 Å². The van der Waals surface area contributed by atoms with E-state index in [-0.39, 0.29) is 12.5 Å². The van der Waals surface area contributed by atoms with E-state index in [9.17, 15) is 9.90 Å². The second-order valence-electron chi connectivity index (χ2n) is 5.93. The largest absolute Gasteiger partial charge is 0.384 e. The van der Waals surface area contributed by atoms with E-state index in [1.165, 1.54) is 7.11 Å². The molecule has 1 amide bonds. The van der Waals surface area contributed by atoms with Crippen molar-refractivity contribution in [2.75, 3.05) is 13.7 Å². The fraction of sp³-hybridized carbons (Fsp3) is 0.316. The Kier molecular flexibility index (Phi) is 5.19. The van der Waals surface area contributed by atoms with Gasteiger partial charge < -0.3 is 15.2 Å². The molecule has 0 fully saturated rings. The zero-order valence-electron chi connectivity index (χ0n) is 13.7. The highest BCUT2D eigenvalue weighted by atomic mass is 16.5. The summed E-state index contributed by atoms with van der Waals surface area (Å²) in [6.45, 7) is 3.49. The molecule has 2 rings (SSSR count). The highest BCUT2D eigenvalue weighted by Gasteiger charge is 2.36. The third-order valence-electron chi connectivity index (χ3n) is 4.16. The summed E-state index contributed by atoms with van der Waals surface area (Å²) in [6.07, 6.45) is 0. The molecule has 0 heterocycles. The van der Waals surface area contributed by atoms with Crippen LogP contribution in [0.1, 0.15) is 25.0 Å². The van der Waals surface area contributed by atoms with Crippen LogP contribution in [0.5, 0.6) is 0 Å². The molecule has 2 unspecified atom stereocenters. The number of ether oxygens (including phenoxy) is 1. The standard InChI is InChI=1S/C19H23NO3/c1-18(22,15-10-6-4-7-11-15)14-20-17(21)19(2,23-3)16-12-8-5-9-13-16/h4-13,22H,14H2,1-3H3,(H,20,21). The lowest BCUT2D eigenvalue weighted by atomic mass is 9.93. The Morgan fingerprint density at radius 1 is 1.00 bits per heavy atom. The second-order valence-corrected chi connectivity index (χ2v) is 5.93. The van der Waals surface area contributed by atoms with E-state index >= 15 is 0 Å². The quantitative estimate of drug-likeness (QED) is 0.862. The molecule has 2 atom stereocenters. The van der Waals surface area contributed by atoms with E-state index < -0.39 is 11.2 Å². The fourth-order valence-corrected chi connectivity index (χ4v) is 2.42. The van der Waals surface area contributed by atoms with E-state index in [2.05, 4.69) is 5.32 Å². The number of hydrogen-bond donors (Lipinski definition) is 2. The van der Waals surface area contributed by atoms with Gasteiger partial charge in [0, 0.05) is 7.11 Å². The van der Waals surface area contributed by atoms with Gasteiger partial charge in [0.1, 0.15) is 5.60 Å². The maximum absolute atomic E-state index is 12.6. The fourth-order valence-electron chi connectivity index (χ4n) is 2.42. The van der Waals surface area contributed by atoms with Crippen LogP contribution in [0.2, 0.25) is 0 Å². The summed E-state index contributed by atoms with van der Waals surface area (Å²) in [5.41, 5.74) is -0.741. The van der Waals surface area contributed by atoms with Crippen LogP contribution in [-0.4, -0.2) is 24.7 Å². The van der Waals surface area contributed by atoms with Crippen LogP contribution in [0.25, 0.3) is 0 Å². The molecule has 0 aliphatic heterocycles. The van der Waals surface area contributed by atoms with Crippen LogP contribution in [0.3, 0.4) is 0 Å². The maximum Gasteiger partial charge on any atom is 0.256 e. The molecule has 2 N–H and O–H groups in total. The van der Waals surface area contributed by atoms with Crippen molar-refractivity contribution in [3.8, 4) is 0 Å². The molecule has 0 aliphatic carbocycles. The highest BCUT2D eigenvalue weighted by Crippen LogP contribution is 2.25. The predicted molar refractivity (Wildman–Crippen MR) is 89.8 cm³/mol. The van der Waals surface area contributed by atoms with Crippen LogP contribution in [0, 0.1) is 0 Å². The average molecular weight is 313 g/mol. The molecule has 4 nitrogen and oxygen atoms in total. The maximum atomic E-state index is 12.6. The molecule has 0 bridgehead atoms. The normalized spacial score (nSPS) is 16.2. The molecule has 0 aliphatic rings. The Hall–Kier alpha value is -2.17. The monoisotopic (exact) mass is 313 g/mol. The smallest absolute Gasteiger partial charge is 0.256 e. The van der Waals surface area contributed by atoms with Gasteiger partial charge in [0.05, 0.1) is 6.54 Å². The summed E-state index contributed by atoms with van der Waals surface area (Å²) in [7, 11) is 1.50. The summed E-state index contributed by atoms with van der Waals surface area (Å²) in [6, 6.07) is 18.6. The van der Waals surface area contributed by atoms with Crippen LogP contribution < -0.4 is 5.32 Å². The number of carbonyl (C=O) groups excluding carboxylic acids is 1. The van der Waals surface area contributed by atoms with Gasteiger partial charge >= 0.3 is 0 Å². The minimum absolute atomic E-state index is 0.0988. The zero-order chi connectivity index (χ0) is 16.9. The molecular weight excluding hydrogens is 290 g/mol. The van der Waals surface area contributed by atoms with Gasteiger partial charge in [-0.25, -0.2) is 0 Å². The Labute approximate surface area is 137 Å². The molecule has 23 heavy (non-hydrogen) atoms. The predicted octanol–water partition coefficient (Wildman–Crippen LogP) is 2.57. The summed E-state index contributed by atoms with van der Waals surface area (Å²) in [5.74, 6) is -0.289. The first-order valence-electron chi connectivity index (χ1n) is 7.57. The number of carbonyl (C=O) groups is 1. The topological polar surface area (TPSA) is 58.6 Å². The lowest BCUT2D eigenvalue weighted by molar-refractivity contribution is -0.143. The molecule has 0 aromatic heterocycles. The van der Waals surface area contributed by atoms with Gasteiger partial charge in [-0.15, -0.1) is 0 Å². The van der Waals surface area contributed by atoms with E-state index in [0.717, 1.165) is 11.1 Å². The molecular formula is C19H23NO3. The Morgan fingerprint density at radius 2 is 1.48 bits per heavy atom. The minimum Gasteiger partial charge on any atom is -0.384 e. The first-order chi connectivity index (χ1) is 10.9. The summed E-state index contributed by atoms with van der Waals surface area (Å²) in [4.78, 5) is 12.6.